The van der Waals surface area contributed by atoms with Gasteiger partial charge in [-0.1, -0.05) is 39.8 Å². The molecule has 1 aliphatic carbocycles. The van der Waals surface area contributed by atoms with Crippen molar-refractivity contribution in [2.75, 3.05) is 39.0 Å². The van der Waals surface area contributed by atoms with Crippen LogP contribution in [-0.2, 0) is 0 Å². The van der Waals surface area contributed by atoms with Crippen LogP contribution < -0.4 is 19.9 Å². The van der Waals surface area contributed by atoms with Gasteiger partial charge in [0, 0.05) is 22.8 Å². The maximum Gasteiger partial charge on any atom is 0.196 e. The van der Waals surface area contributed by atoms with Gasteiger partial charge in [0.1, 0.15) is 29.7 Å². The SMILES string of the molecule is CCN(CC)C(C)Oc1cc(OC)c2c(c1N)C(=O)c1cccc(OC(C)N(CC)CC)c1-2.Cl. The summed E-state index contributed by atoms with van der Waals surface area (Å²) in [6.45, 7) is 15.8. The van der Waals surface area contributed by atoms with Gasteiger partial charge >= 0.3 is 0 Å². The minimum Gasteiger partial charge on any atom is -0.496 e. The van der Waals surface area contributed by atoms with Crippen LogP contribution in [-0.4, -0.2) is 61.3 Å². The lowest BCUT2D eigenvalue weighted by Crippen LogP contribution is -2.37. The second-order valence-electron chi connectivity index (χ2n) is 8.13. The van der Waals surface area contributed by atoms with E-state index in [2.05, 4.69) is 37.5 Å². The zero-order valence-electron chi connectivity index (χ0n) is 21.3. The molecule has 2 unspecified atom stereocenters. The van der Waals surface area contributed by atoms with E-state index in [1.807, 2.05) is 32.0 Å². The number of ether oxygens (including phenoxy) is 3. The Labute approximate surface area is 209 Å². The summed E-state index contributed by atoms with van der Waals surface area (Å²) in [6, 6.07) is 7.32. The molecule has 0 saturated heterocycles. The summed E-state index contributed by atoms with van der Waals surface area (Å²) >= 11 is 0. The molecule has 2 N–H and O–H groups in total. The van der Waals surface area contributed by atoms with E-state index in [-0.39, 0.29) is 30.6 Å². The number of fused-ring (bicyclic) bond motifs is 3. The molecule has 1 aliphatic rings. The van der Waals surface area contributed by atoms with Crippen LogP contribution in [0, 0.1) is 0 Å². The Balaban J connectivity index is 0.00000408. The van der Waals surface area contributed by atoms with E-state index in [0.29, 0.717) is 39.6 Å². The molecule has 34 heavy (non-hydrogen) atoms. The standard InChI is InChI=1S/C26H37N3O4.ClH/c1-8-28(9-2)16(5)32-19-14-12-13-18-22(19)23-20(31-7)15-21(25(27)24(23)26(18)30)33-17(6)29(10-3)11-4;/h12-17H,8-11,27H2,1-7H3;1H. The highest BCUT2D eigenvalue weighted by Gasteiger charge is 2.36. The van der Waals surface area contributed by atoms with E-state index in [4.69, 9.17) is 19.9 Å². The number of anilines is 1. The molecule has 0 heterocycles. The van der Waals surface area contributed by atoms with Gasteiger partial charge in [0.15, 0.2) is 5.78 Å². The molecule has 7 nitrogen and oxygen atoms in total. The predicted octanol–water partition coefficient (Wildman–Crippen LogP) is 5.04. The first-order chi connectivity index (χ1) is 15.8. The van der Waals surface area contributed by atoms with E-state index in [9.17, 15) is 4.79 Å². The molecule has 0 radical (unpaired) electrons. The number of nitrogens with two attached hydrogens (primary N) is 1. The number of ketones is 1. The highest BCUT2D eigenvalue weighted by atomic mass is 35.5. The number of nitrogen functional groups attached to an aromatic ring is 1. The maximum absolute atomic E-state index is 13.5. The number of hydrogen-bond acceptors (Lipinski definition) is 7. The minimum absolute atomic E-state index is 0. The first-order valence-corrected chi connectivity index (χ1v) is 11.8. The lowest BCUT2D eigenvalue weighted by molar-refractivity contribution is 0.0481. The van der Waals surface area contributed by atoms with Gasteiger partial charge in [-0.05, 0) is 46.1 Å². The molecule has 2 atom stereocenters. The van der Waals surface area contributed by atoms with Crippen molar-refractivity contribution in [3.8, 4) is 28.4 Å². The summed E-state index contributed by atoms with van der Waals surface area (Å²) in [5, 5.41) is 0. The smallest absolute Gasteiger partial charge is 0.196 e. The molecule has 0 aromatic heterocycles. The third kappa shape index (κ3) is 4.97. The Morgan fingerprint density at radius 2 is 1.35 bits per heavy atom. The van der Waals surface area contributed by atoms with Crippen LogP contribution in [0.5, 0.6) is 17.2 Å². The second-order valence-corrected chi connectivity index (χ2v) is 8.13. The fourth-order valence-corrected chi connectivity index (χ4v) is 4.60. The van der Waals surface area contributed by atoms with E-state index in [0.717, 1.165) is 31.7 Å². The van der Waals surface area contributed by atoms with Crippen LogP contribution in [0.25, 0.3) is 11.1 Å². The number of carbonyl (C=O) groups excluding carboxylic acids is 1. The van der Waals surface area contributed by atoms with E-state index in [1.54, 1.807) is 13.2 Å². The van der Waals surface area contributed by atoms with Gasteiger partial charge in [-0.15, -0.1) is 12.4 Å². The van der Waals surface area contributed by atoms with Crippen molar-refractivity contribution in [3.05, 3.63) is 35.4 Å². The molecule has 3 rings (SSSR count). The Hall–Kier alpha value is -2.48. The average Bonchev–Trinajstić information content (AvgIpc) is 3.11. The predicted molar refractivity (Wildman–Crippen MR) is 140 cm³/mol. The lowest BCUT2D eigenvalue weighted by atomic mass is 10.0. The summed E-state index contributed by atoms with van der Waals surface area (Å²) in [7, 11) is 1.59. The van der Waals surface area contributed by atoms with E-state index < -0.39 is 0 Å². The molecule has 0 saturated carbocycles. The van der Waals surface area contributed by atoms with Crippen LogP contribution in [0.1, 0.15) is 57.5 Å². The second kappa shape index (κ2) is 11.8. The van der Waals surface area contributed by atoms with Crippen LogP contribution in [0.3, 0.4) is 0 Å². The third-order valence-electron chi connectivity index (χ3n) is 6.51. The number of hydrogen-bond donors (Lipinski definition) is 1. The van der Waals surface area contributed by atoms with Gasteiger partial charge in [-0.3, -0.25) is 14.6 Å². The molecular formula is C26H38ClN3O4. The molecule has 0 fully saturated rings. The molecule has 2 aromatic rings. The normalized spacial score (nSPS) is 13.9. The number of carbonyl (C=O) groups is 1. The number of benzene rings is 2. The van der Waals surface area contributed by atoms with Gasteiger partial charge < -0.3 is 19.9 Å². The van der Waals surface area contributed by atoms with Crippen molar-refractivity contribution in [3.63, 3.8) is 0 Å². The summed E-state index contributed by atoms with van der Waals surface area (Å²) in [5.41, 5.74) is 9.23. The number of halogens is 1. The summed E-state index contributed by atoms with van der Waals surface area (Å²) in [4.78, 5) is 17.8. The Morgan fingerprint density at radius 1 is 0.824 bits per heavy atom. The van der Waals surface area contributed by atoms with Crippen LogP contribution >= 0.6 is 12.4 Å². The lowest BCUT2D eigenvalue weighted by Gasteiger charge is -2.28. The first-order valence-electron chi connectivity index (χ1n) is 11.8. The number of nitrogens with zero attached hydrogens (tertiary/aromatic N) is 2. The Bertz CT molecular complexity index is 1010. The monoisotopic (exact) mass is 491 g/mol. The highest BCUT2D eigenvalue weighted by Crippen LogP contribution is 2.52. The van der Waals surface area contributed by atoms with Crippen molar-refractivity contribution in [2.45, 2.75) is 54.0 Å². The molecule has 0 spiro atoms. The quantitative estimate of drug-likeness (QED) is 0.297. The van der Waals surface area contributed by atoms with E-state index >= 15 is 0 Å². The van der Waals surface area contributed by atoms with Gasteiger partial charge in [0.2, 0.25) is 0 Å². The van der Waals surface area contributed by atoms with Gasteiger partial charge in [-0.25, -0.2) is 0 Å². The average molecular weight is 492 g/mol. The number of rotatable bonds is 11. The topological polar surface area (TPSA) is 77.3 Å². The van der Waals surface area contributed by atoms with Crippen LogP contribution in [0.2, 0.25) is 0 Å². The van der Waals surface area contributed by atoms with Crippen molar-refractivity contribution in [1.82, 2.24) is 9.80 Å². The maximum atomic E-state index is 13.5. The Kier molecular flexibility index (Phi) is 9.62. The summed E-state index contributed by atoms with van der Waals surface area (Å²) in [6.07, 6.45) is -0.343. The fraction of sp³-hybridized carbons (Fsp3) is 0.500. The van der Waals surface area contributed by atoms with Gasteiger partial charge in [0.05, 0.1) is 18.4 Å². The first kappa shape index (κ1) is 27.8. The molecule has 0 amide bonds. The fourth-order valence-electron chi connectivity index (χ4n) is 4.60. The van der Waals surface area contributed by atoms with E-state index in [1.165, 1.54) is 0 Å². The van der Waals surface area contributed by atoms with Gasteiger partial charge in [-0.2, -0.15) is 0 Å². The van der Waals surface area contributed by atoms with Crippen molar-refractivity contribution >= 4 is 23.9 Å². The minimum atomic E-state index is -0.197. The molecule has 188 valence electrons. The van der Waals surface area contributed by atoms with Crippen molar-refractivity contribution in [2.24, 2.45) is 0 Å². The molecule has 0 aliphatic heterocycles. The molecule has 8 heteroatoms. The van der Waals surface area contributed by atoms with Crippen molar-refractivity contribution in [1.29, 1.82) is 0 Å². The van der Waals surface area contributed by atoms with Crippen molar-refractivity contribution < 1.29 is 19.0 Å². The largest absolute Gasteiger partial charge is 0.496 e. The van der Waals surface area contributed by atoms with Gasteiger partial charge in [0.25, 0.3) is 0 Å². The molecular weight excluding hydrogens is 454 g/mol. The molecule has 0 bridgehead atoms. The zero-order chi connectivity index (χ0) is 24.3. The summed E-state index contributed by atoms with van der Waals surface area (Å²) in [5.74, 6) is 1.49. The van der Waals surface area contributed by atoms with Crippen LogP contribution in [0.15, 0.2) is 24.3 Å². The van der Waals surface area contributed by atoms with Crippen LogP contribution in [0.4, 0.5) is 5.69 Å². The highest BCUT2D eigenvalue weighted by molar-refractivity contribution is 6.26. The molecule has 2 aromatic carbocycles. The third-order valence-corrected chi connectivity index (χ3v) is 6.51. The zero-order valence-corrected chi connectivity index (χ0v) is 22.1. The number of methoxy groups -OCH3 is 1. The summed E-state index contributed by atoms with van der Waals surface area (Å²) < 4.78 is 18.3. The Morgan fingerprint density at radius 3 is 1.85 bits per heavy atom.